The molecule has 0 radical (unpaired) electrons. The number of nitrogens with zero attached hydrogens (tertiary/aromatic N) is 2. The zero-order valence-corrected chi connectivity index (χ0v) is 16.0. The van der Waals surface area contributed by atoms with E-state index in [0.29, 0.717) is 0 Å². The van der Waals surface area contributed by atoms with Crippen molar-refractivity contribution in [1.29, 1.82) is 0 Å². The molecule has 2 N–H and O–H groups in total. The highest BCUT2D eigenvalue weighted by Crippen LogP contribution is 2.31. The Morgan fingerprint density at radius 2 is 1.83 bits per heavy atom. The summed E-state index contributed by atoms with van der Waals surface area (Å²) in [6.45, 7) is 1.85. The number of benzene rings is 2. The number of carbonyl (C=O) groups is 1. The van der Waals surface area contributed by atoms with Crippen LogP contribution in [0, 0.1) is 0 Å². The molecular formula is C21H19F3N4O2. The Bertz CT molecular complexity index is 1080. The van der Waals surface area contributed by atoms with Crippen molar-refractivity contribution in [3.05, 3.63) is 81.8 Å². The Morgan fingerprint density at radius 1 is 1.10 bits per heavy atom. The third-order valence-electron chi connectivity index (χ3n) is 4.49. The number of amides is 1. The number of H-pyrrole nitrogens is 1. The summed E-state index contributed by atoms with van der Waals surface area (Å²) >= 11 is 0. The van der Waals surface area contributed by atoms with Crippen LogP contribution in [0.2, 0.25) is 0 Å². The molecule has 1 amide bonds. The fraction of sp³-hybridized carbons (Fsp3) is 0.238. The summed E-state index contributed by atoms with van der Waals surface area (Å²) in [6, 6.07) is 13.7. The van der Waals surface area contributed by atoms with Crippen molar-refractivity contribution in [2.45, 2.75) is 32.0 Å². The number of aromatic amines is 1. The molecule has 3 aromatic rings. The number of hydrogen-bond donors (Lipinski definition) is 2. The molecule has 6 nitrogen and oxygen atoms in total. The number of rotatable bonds is 6. The lowest BCUT2D eigenvalue weighted by atomic mass is 10.1. The number of halogens is 3. The molecule has 0 aliphatic heterocycles. The third-order valence-corrected chi connectivity index (χ3v) is 4.49. The van der Waals surface area contributed by atoms with E-state index in [-0.39, 0.29) is 41.9 Å². The SMILES string of the molecule is CC(NC(=O)CCc1nnc(-c2cccc(C(F)(F)F)c2)[nH]c1=O)c1ccccc1. The molecule has 0 aliphatic rings. The first-order valence-corrected chi connectivity index (χ1v) is 9.22. The van der Waals surface area contributed by atoms with Crippen molar-refractivity contribution >= 4 is 5.91 Å². The molecule has 156 valence electrons. The minimum atomic E-state index is -4.51. The molecule has 1 heterocycles. The lowest BCUT2D eigenvalue weighted by Crippen LogP contribution is -2.28. The Morgan fingerprint density at radius 3 is 2.50 bits per heavy atom. The van der Waals surface area contributed by atoms with E-state index < -0.39 is 17.3 Å². The number of carbonyl (C=O) groups excluding carboxylic acids is 1. The molecule has 1 atom stereocenters. The number of aromatic nitrogens is 3. The van der Waals surface area contributed by atoms with Gasteiger partial charge in [0, 0.05) is 18.4 Å². The number of hydrogen-bond acceptors (Lipinski definition) is 4. The van der Waals surface area contributed by atoms with Gasteiger partial charge in [-0.05, 0) is 24.6 Å². The van der Waals surface area contributed by atoms with Gasteiger partial charge in [0.25, 0.3) is 5.56 Å². The Balaban J connectivity index is 1.65. The molecule has 0 aliphatic carbocycles. The largest absolute Gasteiger partial charge is 0.416 e. The highest BCUT2D eigenvalue weighted by Gasteiger charge is 2.30. The van der Waals surface area contributed by atoms with E-state index in [1.807, 2.05) is 37.3 Å². The summed E-state index contributed by atoms with van der Waals surface area (Å²) in [4.78, 5) is 26.8. The van der Waals surface area contributed by atoms with Crippen LogP contribution < -0.4 is 10.9 Å². The summed E-state index contributed by atoms with van der Waals surface area (Å²) in [5.74, 6) is -0.327. The Hall–Kier alpha value is -3.49. The molecule has 2 aromatic carbocycles. The molecule has 1 aromatic heterocycles. The molecule has 9 heteroatoms. The van der Waals surface area contributed by atoms with Gasteiger partial charge < -0.3 is 10.3 Å². The van der Waals surface area contributed by atoms with Crippen LogP contribution >= 0.6 is 0 Å². The highest BCUT2D eigenvalue weighted by atomic mass is 19.4. The fourth-order valence-corrected chi connectivity index (χ4v) is 2.87. The fourth-order valence-electron chi connectivity index (χ4n) is 2.87. The molecule has 1 unspecified atom stereocenters. The van der Waals surface area contributed by atoms with Crippen molar-refractivity contribution in [1.82, 2.24) is 20.5 Å². The van der Waals surface area contributed by atoms with Gasteiger partial charge in [-0.3, -0.25) is 9.59 Å². The summed E-state index contributed by atoms with van der Waals surface area (Å²) < 4.78 is 38.6. The van der Waals surface area contributed by atoms with Gasteiger partial charge in [0.15, 0.2) is 5.82 Å². The van der Waals surface area contributed by atoms with Crippen molar-refractivity contribution in [2.24, 2.45) is 0 Å². The van der Waals surface area contributed by atoms with Crippen LogP contribution in [0.4, 0.5) is 13.2 Å². The van der Waals surface area contributed by atoms with E-state index in [4.69, 9.17) is 0 Å². The molecule has 0 saturated heterocycles. The Labute approximate surface area is 170 Å². The molecule has 3 rings (SSSR count). The van der Waals surface area contributed by atoms with Gasteiger partial charge in [-0.25, -0.2) is 0 Å². The van der Waals surface area contributed by atoms with Crippen molar-refractivity contribution in [2.75, 3.05) is 0 Å². The predicted molar refractivity (Wildman–Crippen MR) is 104 cm³/mol. The van der Waals surface area contributed by atoms with E-state index in [1.54, 1.807) is 0 Å². The normalized spacial score (nSPS) is 12.4. The second-order valence-electron chi connectivity index (χ2n) is 6.73. The maximum Gasteiger partial charge on any atom is 0.416 e. The average Bonchev–Trinajstić information content (AvgIpc) is 2.73. The van der Waals surface area contributed by atoms with Crippen LogP contribution in [-0.4, -0.2) is 21.1 Å². The lowest BCUT2D eigenvalue weighted by molar-refractivity contribution is -0.137. The van der Waals surface area contributed by atoms with Gasteiger partial charge >= 0.3 is 6.18 Å². The predicted octanol–water partition coefficient (Wildman–Crippen LogP) is 3.66. The number of nitrogens with one attached hydrogen (secondary N) is 2. The quantitative estimate of drug-likeness (QED) is 0.642. The van der Waals surface area contributed by atoms with Crippen LogP contribution in [0.15, 0.2) is 59.4 Å². The molecule has 30 heavy (non-hydrogen) atoms. The van der Waals surface area contributed by atoms with Crippen molar-refractivity contribution in [3.63, 3.8) is 0 Å². The first kappa shape index (κ1) is 21.2. The third kappa shape index (κ3) is 5.31. The lowest BCUT2D eigenvalue weighted by Gasteiger charge is -2.14. The molecular weight excluding hydrogens is 397 g/mol. The smallest absolute Gasteiger partial charge is 0.350 e. The first-order chi connectivity index (χ1) is 14.2. The molecule has 0 fully saturated rings. The topological polar surface area (TPSA) is 87.7 Å². The van der Waals surface area contributed by atoms with E-state index >= 15 is 0 Å². The van der Waals surface area contributed by atoms with E-state index in [9.17, 15) is 22.8 Å². The van der Waals surface area contributed by atoms with E-state index in [0.717, 1.165) is 17.7 Å². The summed E-state index contributed by atoms with van der Waals surface area (Å²) in [6.07, 6.45) is -4.43. The van der Waals surface area contributed by atoms with Crippen LogP contribution in [0.25, 0.3) is 11.4 Å². The highest BCUT2D eigenvalue weighted by molar-refractivity contribution is 5.76. The van der Waals surface area contributed by atoms with Gasteiger partial charge in [0.05, 0.1) is 11.6 Å². The van der Waals surface area contributed by atoms with Crippen LogP contribution in [0.5, 0.6) is 0 Å². The maximum atomic E-state index is 12.9. The summed E-state index contributed by atoms with van der Waals surface area (Å²) in [7, 11) is 0. The minimum Gasteiger partial charge on any atom is -0.350 e. The first-order valence-electron chi connectivity index (χ1n) is 9.22. The average molecular weight is 416 g/mol. The van der Waals surface area contributed by atoms with Gasteiger partial charge in [0.2, 0.25) is 5.91 Å². The van der Waals surface area contributed by atoms with Crippen molar-refractivity contribution < 1.29 is 18.0 Å². The zero-order chi connectivity index (χ0) is 21.7. The van der Waals surface area contributed by atoms with Gasteiger partial charge in [0.1, 0.15) is 5.69 Å². The zero-order valence-electron chi connectivity index (χ0n) is 16.0. The van der Waals surface area contributed by atoms with Crippen LogP contribution in [-0.2, 0) is 17.4 Å². The van der Waals surface area contributed by atoms with Gasteiger partial charge in [-0.1, -0.05) is 42.5 Å². The van der Waals surface area contributed by atoms with Crippen LogP contribution in [0.1, 0.15) is 36.2 Å². The standard InChI is InChI=1S/C21H19F3N4O2/c1-13(14-6-3-2-4-7-14)25-18(29)11-10-17-20(30)26-19(28-27-17)15-8-5-9-16(12-15)21(22,23)24/h2-9,12-13H,10-11H2,1H3,(H,25,29)(H,26,28,30). The monoisotopic (exact) mass is 416 g/mol. The summed E-state index contributed by atoms with van der Waals surface area (Å²) in [5.41, 5.74) is -0.366. The number of alkyl halides is 3. The Kier molecular flexibility index (Phi) is 6.29. The van der Waals surface area contributed by atoms with E-state index in [1.165, 1.54) is 12.1 Å². The second-order valence-corrected chi connectivity index (χ2v) is 6.73. The molecule has 0 bridgehead atoms. The number of aryl methyl sites for hydroxylation is 1. The maximum absolute atomic E-state index is 12.9. The summed E-state index contributed by atoms with van der Waals surface area (Å²) in [5, 5.41) is 10.5. The molecule has 0 saturated carbocycles. The van der Waals surface area contributed by atoms with Crippen LogP contribution in [0.3, 0.4) is 0 Å². The van der Waals surface area contributed by atoms with Gasteiger partial charge in [-0.15, -0.1) is 10.2 Å². The molecule has 0 spiro atoms. The van der Waals surface area contributed by atoms with E-state index in [2.05, 4.69) is 20.5 Å². The van der Waals surface area contributed by atoms with Crippen molar-refractivity contribution in [3.8, 4) is 11.4 Å². The second kappa shape index (κ2) is 8.89. The minimum absolute atomic E-state index is 0.0256. The van der Waals surface area contributed by atoms with Gasteiger partial charge in [-0.2, -0.15) is 13.2 Å².